The number of carbonyl (C=O) groups is 1. The summed E-state index contributed by atoms with van der Waals surface area (Å²) in [5, 5.41) is 2.27. The molecule has 38 heavy (non-hydrogen) atoms. The molecule has 1 saturated carbocycles. The summed E-state index contributed by atoms with van der Waals surface area (Å²) >= 11 is 0. The Labute approximate surface area is 214 Å². The fourth-order valence-corrected chi connectivity index (χ4v) is 6.02. The summed E-state index contributed by atoms with van der Waals surface area (Å²) in [5.74, 6) is 0.486. The van der Waals surface area contributed by atoms with Gasteiger partial charge in [-0.1, -0.05) is 23.7 Å². The average Bonchev–Trinajstić information content (AvgIpc) is 3.06. The van der Waals surface area contributed by atoms with Gasteiger partial charge in [-0.2, -0.15) is 31.2 Å². The molecule has 1 amide bonds. The van der Waals surface area contributed by atoms with Crippen molar-refractivity contribution >= 4 is 5.91 Å². The van der Waals surface area contributed by atoms with Gasteiger partial charge in [-0.05, 0) is 74.8 Å². The molecule has 2 aromatic rings. The quantitative estimate of drug-likeness (QED) is 0.255. The molecule has 0 bridgehead atoms. The van der Waals surface area contributed by atoms with E-state index < -0.39 is 35.6 Å². The molecule has 1 aliphatic carbocycles. The van der Waals surface area contributed by atoms with Crippen LogP contribution >= 0.6 is 0 Å². The zero-order valence-electron chi connectivity index (χ0n) is 20.6. The molecule has 5 rings (SSSR count). The number of piperidine rings is 1. The van der Waals surface area contributed by atoms with Crippen molar-refractivity contribution in [2.75, 3.05) is 14.1 Å². The lowest BCUT2D eigenvalue weighted by Gasteiger charge is -2.27. The second-order valence-corrected chi connectivity index (χ2v) is 10.1. The Hall–Kier alpha value is -3.02. The smallest absolute Gasteiger partial charge is 0.328 e. The highest BCUT2D eigenvalue weighted by Crippen LogP contribution is 2.64. The molecule has 0 N–H and O–H groups in total. The molecule has 3 aliphatic rings. The maximum atomic E-state index is 13.1. The van der Waals surface area contributed by atoms with Crippen molar-refractivity contribution in [1.29, 1.82) is 0 Å². The van der Waals surface area contributed by atoms with E-state index in [-0.39, 0.29) is 23.5 Å². The summed E-state index contributed by atoms with van der Waals surface area (Å²) < 4.78 is 86.9. The minimum absolute atomic E-state index is 0.00565. The molecule has 12 heteroatoms. The van der Waals surface area contributed by atoms with Crippen molar-refractivity contribution in [3.63, 3.8) is 0 Å². The van der Waals surface area contributed by atoms with Crippen molar-refractivity contribution in [2.45, 2.75) is 68.1 Å². The number of amides is 1. The number of alkyl halides is 6. The molecule has 0 radical (unpaired) electrons. The van der Waals surface area contributed by atoms with Gasteiger partial charge in [-0.25, -0.2) is 4.39 Å². The predicted octanol–water partition coefficient (Wildman–Crippen LogP) is 6.37. The largest absolute Gasteiger partial charge is 0.416 e. The maximum absolute atomic E-state index is 13.1. The van der Waals surface area contributed by atoms with Crippen LogP contribution in [0.2, 0.25) is 0 Å². The molecule has 2 unspecified atom stereocenters. The van der Waals surface area contributed by atoms with E-state index >= 15 is 0 Å². The molecule has 1 spiro atoms. The number of nitrogens with zero attached hydrogens (tertiary/aromatic N) is 3. The molecule has 206 valence electrons. The minimum Gasteiger partial charge on any atom is -0.328 e. The monoisotopic (exact) mass is 545 g/mol. The van der Waals surface area contributed by atoms with Crippen LogP contribution < -0.4 is 0 Å². The summed E-state index contributed by atoms with van der Waals surface area (Å²) in [7, 11) is 3.96. The van der Waals surface area contributed by atoms with Crippen molar-refractivity contribution in [1.82, 2.24) is 9.80 Å². The molecule has 2 aromatic carbocycles. The van der Waals surface area contributed by atoms with Gasteiger partial charge in [0.15, 0.2) is 0 Å². The van der Waals surface area contributed by atoms with Crippen molar-refractivity contribution in [3.8, 4) is 0 Å². The zero-order chi connectivity index (χ0) is 28.0. The van der Waals surface area contributed by atoms with Crippen LogP contribution in [0.1, 0.15) is 53.9 Å². The number of fused-ring (bicyclic) bond motifs is 3. The molecule has 0 aromatic heterocycles. The number of hydrogen-bond donors (Lipinski definition) is 0. The van der Waals surface area contributed by atoms with Gasteiger partial charge in [0.05, 0.1) is 28.7 Å². The second kappa shape index (κ2) is 9.94. The fraction of sp³-hybridized carbons (Fsp3) is 0.500. The van der Waals surface area contributed by atoms with Crippen LogP contribution in [0.5, 0.6) is 0 Å². The average molecular weight is 545 g/mol. The molecular weight excluding hydrogens is 519 g/mol. The Balaban J connectivity index is 0.000000182. The van der Waals surface area contributed by atoms with E-state index in [4.69, 9.17) is 0 Å². The SMILES string of the molecule is CN(C)[C@H]1C[C@H]2N(C1=O)C21CCCC1c1ccc(F)cc1.O=NCc1cc(C(F)(F)F)cc(C(F)(F)F)c1. The maximum Gasteiger partial charge on any atom is 0.416 e. The lowest BCUT2D eigenvalue weighted by molar-refractivity contribution is -0.143. The van der Waals surface area contributed by atoms with E-state index in [1.54, 1.807) is 12.1 Å². The topological polar surface area (TPSA) is 52.8 Å². The van der Waals surface area contributed by atoms with E-state index in [0.29, 0.717) is 30.0 Å². The first-order valence-electron chi connectivity index (χ1n) is 12.0. The van der Waals surface area contributed by atoms with E-state index in [1.165, 1.54) is 5.56 Å². The van der Waals surface area contributed by atoms with Gasteiger partial charge in [0.25, 0.3) is 0 Å². The first-order valence-corrected chi connectivity index (χ1v) is 12.0. The van der Waals surface area contributed by atoms with Crippen LogP contribution in [0.25, 0.3) is 0 Å². The number of hydrogen-bond acceptors (Lipinski definition) is 4. The minimum atomic E-state index is -4.90. The fourth-order valence-electron chi connectivity index (χ4n) is 6.02. The normalized spacial score (nSPS) is 26.4. The lowest BCUT2D eigenvalue weighted by Crippen LogP contribution is -2.41. The van der Waals surface area contributed by atoms with Gasteiger partial charge < -0.3 is 4.90 Å². The highest BCUT2D eigenvalue weighted by Gasteiger charge is 2.74. The molecule has 2 aliphatic heterocycles. The number of rotatable bonds is 4. The van der Waals surface area contributed by atoms with Gasteiger partial charge in [0.1, 0.15) is 12.4 Å². The van der Waals surface area contributed by atoms with Crippen LogP contribution in [0.15, 0.2) is 47.6 Å². The van der Waals surface area contributed by atoms with Crippen LogP contribution in [0.3, 0.4) is 0 Å². The van der Waals surface area contributed by atoms with Gasteiger partial charge in [0.2, 0.25) is 5.91 Å². The second-order valence-electron chi connectivity index (χ2n) is 10.1. The van der Waals surface area contributed by atoms with Crippen molar-refractivity contribution in [3.05, 3.63) is 75.4 Å². The van der Waals surface area contributed by atoms with Gasteiger partial charge >= 0.3 is 12.4 Å². The first kappa shape index (κ1) is 28.0. The summed E-state index contributed by atoms with van der Waals surface area (Å²) in [4.78, 5) is 26.7. The molecule has 5 nitrogen and oxygen atoms in total. The highest BCUT2D eigenvalue weighted by atomic mass is 19.4. The summed E-state index contributed by atoms with van der Waals surface area (Å²) in [6.07, 6.45) is -5.49. The van der Waals surface area contributed by atoms with E-state index in [1.807, 2.05) is 31.1 Å². The Kier molecular flexibility index (Phi) is 7.32. The van der Waals surface area contributed by atoms with Crippen molar-refractivity contribution < 1.29 is 35.5 Å². The molecular formula is C26H26F7N3O2. The Morgan fingerprint density at radius 3 is 2.03 bits per heavy atom. The third-order valence-corrected chi connectivity index (χ3v) is 7.70. The highest BCUT2D eigenvalue weighted by molar-refractivity contribution is 5.90. The summed E-state index contributed by atoms with van der Waals surface area (Å²) in [5.41, 5.74) is -2.10. The van der Waals surface area contributed by atoms with Gasteiger partial charge in [0, 0.05) is 5.92 Å². The number of likely N-dealkylation sites (N-methyl/N-ethyl adjacent to an activating group) is 1. The van der Waals surface area contributed by atoms with Crippen LogP contribution in [0.4, 0.5) is 30.7 Å². The number of halogens is 7. The van der Waals surface area contributed by atoms with Gasteiger partial charge in [-0.3, -0.25) is 9.69 Å². The van der Waals surface area contributed by atoms with Crippen LogP contribution in [0, 0.1) is 10.7 Å². The van der Waals surface area contributed by atoms with Gasteiger partial charge in [-0.15, -0.1) is 0 Å². The van der Waals surface area contributed by atoms with Crippen LogP contribution in [-0.4, -0.2) is 47.4 Å². The van der Waals surface area contributed by atoms with Crippen LogP contribution in [-0.2, 0) is 23.7 Å². The van der Waals surface area contributed by atoms with E-state index in [9.17, 15) is 40.4 Å². The predicted molar refractivity (Wildman–Crippen MR) is 124 cm³/mol. The summed E-state index contributed by atoms with van der Waals surface area (Å²) in [6, 6.07) is 8.26. The van der Waals surface area contributed by atoms with E-state index in [0.717, 1.165) is 25.7 Å². The Morgan fingerprint density at radius 2 is 1.58 bits per heavy atom. The standard InChI is InChI=1S/C17H21FN2O.C9H5F6NO/c1-19(2)14-10-15-17(20(15)16(14)21)9-3-4-13(17)11-5-7-12(18)8-6-11;10-8(11,12)6-1-5(4-16-17)2-7(3-6)9(13,14)15/h5-8,13-15H,3-4,9-10H2,1-2H3;1-3H,4H2/t13?,14-,15+,17?,20?;/m0./s1. The first-order chi connectivity index (χ1) is 17.7. The molecule has 2 heterocycles. The third kappa shape index (κ3) is 5.14. The van der Waals surface area contributed by atoms with E-state index in [2.05, 4.69) is 10.1 Å². The summed E-state index contributed by atoms with van der Waals surface area (Å²) in [6.45, 7) is -0.743. The molecule has 4 atom stereocenters. The van der Waals surface area contributed by atoms with Crippen molar-refractivity contribution in [2.24, 2.45) is 5.18 Å². The number of benzene rings is 2. The molecule has 3 fully saturated rings. The number of carbonyl (C=O) groups excluding carboxylic acids is 1. The zero-order valence-corrected chi connectivity index (χ0v) is 20.6. The number of nitroso groups, excluding NO2 is 1. The Morgan fingerprint density at radius 1 is 1.00 bits per heavy atom. The Bertz CT molecular complexity index is 1160. The molecule has 2 saturated heterocycles. The third-order valence-electron chi connectivity index (χ3n) is 7.70. The lowest BCUT2D eigenvalue weighted by atomic mass is 9.83.